The molecule has 8 nitrogen and oxygen atoms in total. The zero-order valence-corrected chi connectivity index (χ0v) is 19.9. The number of H-pyrrole nitrogens is 1. The summed E-state index contributed by atoms with van der Waals surface area (Å²) in [6.07, 6.45) is 4.46. The first-order chi connectivity index (χ1) is 17.1. The first-order valence-electron chi connectivity index (χ1n) is 11.7. The fourth-order valence-corrected chi connectivity index (χ4v) is 7.08. The largest absolute Gasteiger partial charge is 0.355 e. The zero-order chi connectivity index (χ0) is 23.7. The van der Waals surface area contributed by atoms with Crippen LogP contribution in [0.1, 0.15) is 17.1 Å². The van der Waals surface area contributed by atoms with E-state index in [0.29, 0.717) is 46.1 Å². The maximum atomic E-state index is 14.3. The molecule has 3 N–H and O–H groups in total. The number of nitrogens with one attached hydrogen (secondary N) is 1. The molecule has 3 atom stereocenters. The molecule has 1 aromatic carbocycles. The van der Waals surface area contributed by atoms with Gasteiger partial charge in [0.2, 0.25) is 5.65 Å². The maximum Gasteiger partial charge on any atom is 0.202 e. The highest BCUT2D eigenvalue weighted by molar-refractivity contribution is 7.09. The van der Waals surface area contributed by atoms with E-state index < -0.39 is 0 Å². The summed E-state index contributed by atoms with van der Waals surface area (Å²) < 4.78 is 14.3. The molecule has 2 fully saturated rings. The van der Waals surface area contributed by atoms with Crippen molar-refractivity contribution < 1.29 is 4.39 Å². The lowest BCUT2D eigenvalue weighted by molar-refractivity contribution is 0.545. The second-order valence-corrected chi connectivity index (χ2v) is 10.3. The van der Waals surface area contributed by atoms with Gasteiger partial charge >= 0.3 is 0 Å². The minimum atomic E-state index is -0.355. The SMILES string of the molecule is Cc1csc(C2(CN)C3CCN(c4cnc5c(-c6ccc(F)c7ncccc67)[nH]nc5n4)CC32)n1. The minimum Gasteiger partial charge on any atom is -0.355 e. The Balaban J connectivity index is 1.21. The number of nitrogens with zero attached hydrogens (tertiary/aromatic N) is 6. The summed E-state index contributed by atoms with van der Waals surface area (Å²) in [6, 6.07) is 6.80. The molecule has 1 aliphatic heterocycles. The summed E-state index contributed by atoms with van der Waals surface area (Å²) in [4.78, 5) is 20.8. The van der Waals surface area contributed by atoms with Gasteiger partial charge < -0.3 is 10.6 Å². The number of pyridine rings is 1. The van der Waals surface area contributed by atoms with Crippen molar-refractivity contribution in [3.05, 3.63) is 58.6 Å². The lowest BCUT2D eigenvalue weighted by Crippen LogP contribution is -2.32. The van der Waals surface area contributed by atoms with Gasteiger partial charge in [0, 0.05) is 53.3 Å². The third kappa shape index (κ3) is 2.96. The topological polar surface area (TPSA) is 110 Å². The fourth-order valence-electron chi connectivity index (χ4n) is 5.94. The van der Waals surface area contributed by atoms with Gasteiger partial charge in [-0.05, 0) is 43.4 Å². The first kappa shape index (κ1) is 20.8. The molecule has 1 aliphatic carbocycles. The van der Waals surface area contributed by atoms with E-state index >= 15 is 0 Å². The quantitative estimate of drug-likeness (QED) is 0.397. The molecule has 0 spiro atoms. The van der Waals surface area contributed by atoms with Crippen LogP contribution < -0.4 is 10.6 Å². The van der Waals surface area contributed by atoms with E-state index in [9.17, 15) is 4.39 Å². The smallest absolute Gasteiger partial charge is 0.202 e. The Morgan fingerprint density at radius 1 is 1.20 bits per heavy atom. The third-order valence-electron chi connectivity index (χ3n) is 7.75. The molecule has 7 rings (SSSR count). The van der Waals surface area contributed by atoms with Crippen LogP contribution in [0, 0.1) is 24.6 Å². The number of benzene rings is 1. The number of hydrogen-bond donors (Lipinski definition) is 2. The van der Waals surface area contributed by atoms with E-state index in [1.54, 1.807) is 29.7 Å². The van der Waals surface area contributed by atoms with Crippen molar-refractivity contribution in [2.24, 2.45) is 17.6 Å². The average molecular weight is 487 g/mol. The number of thiazole rings is 1. The van der Waals surface area contributed by atoms with Crippen LogP contribution in [0.25, 0.3) is 33.3 Å². The van der Waals surface area contributed by atoms with Crippen molar-refractivity contribution >= 4 is 39.2 Å². The summed E-state index contributed by atoms with van der Waals surface area (Å²) in [5.74, 6) is 1.50. The molecule has 3 unspecified atom stereocenters. The standard InChI is InChI=1S/C25H23FN8S/c1-13-11-35-24(30-13)25(12-27)16-6-8-34(10-17(16)25)19-9-29-22-21(32-33-23(22)31-19)15-4-5-18(26)20-14(15)3-2-7-28-20/h2-5,7,9,11,16-17H,6,8,10,12,27H2,1H3,(H,31,32,33). The van der Waals surface area contributed by atoms with Gasteiger partial charge in [0.05, 0.1) is 11.9 Å². The van der Waals surface area contributed by atoms with E-state index in [2.05, 4.69) is 25.5 Å². The van der Waals surface area contributed by atoms with Crippen LogP contribution in [-0.2, 0) is 5.41 Å². The lowest BCUT2D eigenvalue weighted by Gasteiger charge is -2.26. The number of rotatable bonds is 4. The number of nitrogens with two attached hydrogens (primary N) is 1. The Morgan fingerprint density at radius 3 is 2.94 bits per heavy atom. The van der Waals surface area contributed by atoms with Gasteiger partial charge in [0.15, 0.2) is 0 Å². The summed E-state index contributed by atoms with van der Waals surface area (Å²) in [5, 5.41) is 11.5. The van der Waals surface area contributed by atoms with Gasteiger partial charge in [-0.25, -0.2) is 19.3 Å². The number of piperidine rings is 1. The van der Waals surface area contributed by atoms with Crippen LogP contribution in [0.4, 0.5) is 10.2 Å². The first-order valence-corrected chi connectivity index (χ1v) is 12.6. The molecule has 5 heterocycles. The molecular formula is C25H23FN8S. The maximum absolute atomic E-state index is 14.3. The lowest BCUT2D eigenvalue weighted by atomic mass is 10.0. The number of aromatic nitrogens is 6. The molecule has 1 saturated heterocycles. The third-order valence-corrected chi connectivity index (χ3v) is 8.90. The molecule has 1 saturated carbocycles. The Bertz CT molecular complexity index is 1600. The Hall–Kier alpha value is -3.50. The highest BCUT2D eigenvalue weighted by Gasteiger charge is 2.67. The molecule has 0 bridgehead atoms. The predicted molar refractivity (Wildman–Crippen MR) is 134 cm³/mol. The molecular weight excluding hydrogens is 463 g/mol. The van der Waals surface area contributed by atoms with Crippen LogP contribution in [0.15, 0.2) is 42.0 Å². The summed E-state index contributed by atoms with van der Waals surface area (Å²) >= 11 is 1.73. The number of hydrogen-bond acceptors (Lipinski definition) is 8. The van der Waals surface area contributed by atoms with E-state index in [0.717, 1.165) is 36.6 Å². The van der Waals surface area contributed by atoms with Crippen LogP contribution >= 0.6 is 11.3 Å². The van der Waals surface area contributed by atoms with Crippen molar-refractivity contribution in [3.8, 4) is 11.3 Å². The van der Waals surface area contributed by atoms with Gasteiger partial charge in [-0.2, -0.15) is 5.10 Å². The molecule has 0 radical (unpaired) electrons. The van der Waals surface area contributed by atoms with Crippen molar-refractivity contribution in [1.82, 2.24) is 30.1 Å². The number of aromatic amines is 1. The molecule has 4 aromatic heterocycles. The van der Waals surface area contributed by atoms with Gasteiger partial charge in [-0.1, -0.05) is 6.07 Å². The van der Waals surface area contributed by atoms with Gasteiger partial charge in [-0.15, -0.1) is 11.3 Å². The average Bonchev–Trinajstić information content (AvgIpc) is 3.13. The van der Waals surface area contributed by atoms with Crippen LogP contribution in [0.2, 0.25) is 0 Å². The van der Waals surface area contributed by atoms with E-state index in [4.69, 9.17) is 20.7 Å². The predicted octanol–water partition coefficient (Wildman–Crippen LogP) is 3.82. The van der Waals surface area contributed by atoms with E-state index in [-0.39, 0.29) is 11.2 Å². The zero-order valence-electron chi connectivity index (χ0n) is 19.1. The van der Waals surface area contributed by atoms with Crippen LogP contribution in [0.5, 0.6) is 0 Å². The molecule has 2 aliphatic rings. The van der Waals surface area contributed by atoms with E-state index in [1.807, 2.05) is 19.2 Å². The summed E-state index contributed by atoms with van der Waals surface area (Å²) in [7, 11) is 0. The van der Waals surface area contributed by atoms with Crippen LogP contribution in [-0.4, -0.2) is 49.8 Å². The Labute approximate surface area is 204 Å². The Kier molecular flexibility index (Phi) is 4.46. The van der Waals surface area contributed by atoms with Crippen LogP contribution in [0.3, 0.4) is 0 Å². The minimum absolute atomic E-state index is 0.0115. The monoisotopic (exact) mass is 486 g/mol. The van der Waals surface area contributed by atoms with Gasteiger partial charge in [0.25, 0.3) is 0 Å². The Morgan fingerprint density at radius 2 is 2.11 bits per heavy atom. The van der Waals surface area contributed by atoms with Crippen molar-refractivity contribution in [1.29, 1.82) is 0 Å². The molecule has 10 heteroatoms. The molecule has 0 amide bonds. The van der Waals surface area contributed by atoms with Gasteiger partial charge in [-0.3, -0.25) is 10.1 Å². The number of fused-ring (bicyclic) bond motifs is 3. The van der Waals surface area contributed by atoms with E-state index in [1.165, 1.54) is 11.1 Å². The normalized spacial score (nSPS) is 23.7. The summed E-state index contributed by atoms with van der Waals surface area (Å²) in [6.45, 7) is 4.44. The van der Waals surface area contributed by atoms with Crippen molar-refractivity contribution in [2.75, 3.05) is 24.5 Å². The number of halogens is 1. The second-order valence-electron chi connectivity index (χ2n) is 9.48. The van der Waals surface area contributed by atoms with Gasteiger partial charge in [0.1, 0.15) is 27.7 Å². The molecule has 5 aromatic rings. The highest BCUT2D eigenvalue weighted by Crippen LogP contribution is 2.63. The fraction of sp³-hybridized carbons (Fsp3) is 0.320. The number of aryl methyl sites for hydroxylation is 1. The molecule has 176 valence electrons. The van der Waals surface area contributed by atoms with Crippen molar-refractivity contribution in [3.63, 3.8) is 0 Å². The number of anilines is 1. The second kappa shape index (κ2) is 7.50. The summed E-state index contributed by atoms with van der Waals surface area (Å²) in [5.41, 5.74) is 10.4. The molecule has 35 heavy (non-hydrogen) atoms. The highest BCUT2D eigenvalue weighted by atomic mass is 32.1. The van der Waals surface area contributed by atoms with Crippen molar-refractivity contribution in [2.45, 2.75) is 18.8 Å².